The molecule has 6 heteroatoms. The van der Waals surface area contributed by atoms with Gasteiger partial charge in [0.05, 0.1) is 18.2 Å². The lowest BCUT2D eigenvalue weighted by molar-refractivity contribution is -0.137. The minimum atomic E-state index is -4.32. The number of aromatic nitrogens is 1. The molecule has 0 saturated heterocycles. The molecule has 1 unspecified atom stereocenters. The van der Waals surface area contributed by atoms with Crippen molar-refractivity contribution in [1.82, 2.24) is 10.3 Å². The molecule has 0 bridgehead atoms. The number of alkyl halides is 3. The van der Waals surface area contributed by atoms with Gasteiger partial charge < -0.3 is 15.0 Å². The Bertz CT molecular complexity index is 929. The monoisotopic (exact) mass is 360 g/mol. The number of fused-ring (bicyclic) bond motifs is 3. The molecular weight excluding hydrogens is 341 g/mol. The summed E-state index contributed by atoms with van der Waals surface area (Å²) in [5.74, 6) is 0.825. The largest absolute Gasteiger partial charge is 0.494 e. The van der Waals surface area contributed by atoms with Crippen molar-refractivity contribution < 1.29 is 17.9 Å². The fourth-order valence-electron chi connectivity index (χ4n) is 3.61. The van der Waals surface area contributed by atoms with Gasteiger partial charge in [0.2, 0.25) is 0 Å². The molecule has 2 N–H and O–H groups in total. The van der Waals surface area contributed by atoms with Gasteiger partial charge in [-0.25, -0.2) is 0 Å². The van der Waals surface area contributed by atoms with Crippen LogP contribution in [-0.4, -0.2) is 18.1 Å². The molecule has 26 heavy (non-hydrogen) atoms. The third kappa shape index (κ3) is 2.94. The standard InChI is InChI=1S/C20H19F3N2O/c1-2-26-14-7-8-17-16(11-14)15-9-10-24-18(19(15)25-17)12-3-5-13(6-4-12)20(21,22)23/h3-8,11,18,24-25H,2,9-10H2,1H3. The van der Waals surface area contributed by atoms with Crippen LogP contribution < -0.4 is 10.1 Å². The zero-order valence-electron chi connectivity index (χ0n) is 14.3. The third-order valence-electron chi connectivity index (χ3n) is 4.81. The van der Waals surface area contributed by atoms with Crippen molar-refractivity contribution in [2.75, 3.05) is 13.2 Å². The summed E-state index contributed by atoms with van der Waals surface area (Å²) in [5, 5.41) is 4.52. The maximum atomic E-state index is 12.8. The minimum absolute atomic E-state index is 0.149. The molecule has 4 rings (SSSR count). The van der Waals surface area contributed by atoms with Crippen molar-refractivity contribution in [1.29, 1.82) is 0 Å². The van der Waals surface area contributed by atoms with E-state index in [-0.39, 0.29) is 6.04 Å². The van der Waals surface area contributed by atoms with E-state index in [1.807, 2.05) is 25.1 Å². The molecule has 0 fully saturated rings. The Morgan fingerprint density at radius 3 is 2.58 bits per heavy atom. The summed E-state index contributed by atoms with van der Waals surface area (Å²) in [5.41, 5.74) is 3.41. The van der Waals surface area contributed by atoms with Crippen LogP contribution in [0.2, 0.25) is 0 Å². The molecule has 1 atom stereocenters. The van der Waals surface area contributed by atoms with Crippen molar-refractivity contribution in [3.05, 3.63) is 64.8 Å². The predicted molar refractivity (Wildman–Crippen MR) is 94.5 cm³/mol. The highest BCUT2D eigenvalue weighted by molar-refractivity contribution is 5.86. The van der Waals surface area contributed by atoms with E-state index in [1.165, 1.54) is 5.56 Å². The van der Waals surface area contributed by atoms with E-state index in [0.717, 1.165) is 53.0 Å². The Kier molecular flexibility index (Phi) is 4.15. The van der Waals surface area contributed by atoms with E-state index in [4.69, 9.17) is 4.74 Å². The number of halogens is 3. The zero-order valence-corrected chi connectivity index (χ0v) is 14.3. The lowest BCUT2D eigenvalue weighted by atomic mass is 9.94. The first-order valence-electron chi connectivity index (χ1n) is 8.65. The zero-order chi connectivity index (χ0) is 18.3. The fraction of sp³-hybridized carbons (Fsp3) is 0.300. The minimum Gasteiger partial charge on any atom is -0.494 e. The van der Waals surface area contributed by atoms with Crippen molar-refractivity contribution in [2.45, 2.75) is 25.6 Å². The first kappa shape index (κ1) is 17.0. The summed E-state index contributed by atoms with van der Waals surface area (Å²) in [7, 11) is 0. The normalized spacial score (nSPS) is 17.3. The summed E-state index contributed by atoms with van der Waals surface area (Å²) < 4.78 is 44.0. The maximum Gasteiger partial charge on any atom is 0.416 e. The number of nitrogens with one attached hydrogen (secondary N) is 2. The van der Waals surface area contributed by atoms with E-state index >= 15 is 0 Å². The molecule has 2 aromatic carbocycles. The molecule has 1 aliphatic rings. The highest BCUT2D eigenvalue weighted by Gasteiger charge is 2.31. The van der Waals surface area contributed by atoms with E-state index in [1.54, 1.807) is 12.1 Å². The van der Waals surface area contributed by atoms with Crippen LogP contribution in [-0.2, 0) is 12.6 Å². The van der Waals surface area contributed by atoms with Crippen LogP contribution in [0.1, 0.15) is 35.3 Å². The highest BCUT2D eigenvalue weighted by atomic mass is 19.4. The topological polar surface area (TPSA) is 37.0 Å². The van der Waals surface area contributed by atoms with E-state index in [0.29, 0.717) is 6.61 Å². The molecular formula is C20H19F3N2O. The van der Waals surface area contributed by atoms with Crippen LogP contribution in [0.15, 0.2) is 42.5 Å². The number of hydrogen-bond acceptors (Lipinski definition) is 2. The van der Waals surface area contributed by atoms with Gasteiger partial charge in [-0.3, -0.25) is 0 Å². The van der Waals surface area contributed by atoms with E-state index in [9.17, 15) is 13.2 Å². The van der Waals surface area contributed by atoms with Gasteiger partial charge in [-0.1, -0.05) is 12.1 Å². The Morgan fingerprint density at radius 1 is 1.12 bits per heavy atom. The number of H-pyrrole nitrogens is 1. The molecule has 0 saturated carbocycles. The van der Waals surface area contributed by atoms with Crippen LogP contribution in [0, 0.1) is 0 Å². The number of aromatic amines is 1. The molecule has 1 aromatic heterocycles. The van der Waals surface area contributed by atoms with Crippen LogP contribution in [0.4, 0.5) is 13.2 Å². The van der Waals surface area contributed by atoms with Crippen molar-refractivity contribution in [2.24, 2.45) is 0 Å². The first-order chi connectivity index (χ1) is 12.5. The highest BCUT2D eigenvalue weighted by Crippen LogP contribution is 2.36. The molecule has 0 spiro atoms. The molecule has 0 amide bonds. The third-order valence-corrected chi connectivity index (χ3v) is 4.81. The fourth-order valence-corrected chi connectivity index (χ4v) is 3.61. The second-order valence-electron chi connectivity index (χ2n) is 6.41. The molecule has 0 radical (unpaired) electrons. The summed E-state index contributed by atoms with van der Waals surface area (Å²) in [4.78, 5) is 3.44. The van der Waals surface area contributed by atoms with Crippen molar-refractivity contribution in [3.63, 3.8) is 0 Å². The molecule has 3 nitrogen and oxygen atoms in total. The molecule has 3 aromatic rings. The van der Waals surface area contributed by atoms with Gasteiger partial charge in [0.25, 0.3) is 0 Å². The molecule has 136 valence electrons. The summed E-state index contributed by atoms with van der Waals surface area (Å²) >= 11 is 0. The Labute approximate surface area is 149 Å². The smallest absolute Gasteiger partial charge is 0.416 e. The van der Waals surface area contributed by atoms with Gasteiger partial charge in [0, 0.05) is 23.1 Å². The number of rotatable bonds is 3. The average Bonchev–Trinajstić information content (AvgIpc) is 2.99. The van der Waals surface area contributed by atoms with Gasteiger partial charge in [-0.15, -0.1) is 0 Å². The second kappa shape index (κ2) is 6.36. The van der Waals surface area contributed by atoms with Gasteiger partial charge in [0.1, 0.15) is 5.75 Å². The van der Waals surface area contributed by atoms with Gasteiger partial charge in [-0.05, 0) is 54.8 Å². The van der Waals surface area contributed by atoms with Crippen LogP contribution in [0.5, 0.6) is 5.75 Å². The maximum absolute atomic E-state index is 12.8. The van der Waals surface area contributed by atoms with Crippen molar-refractivity contribution in [3.8, 4) is 5.75 Å². The Hall–Kier alpha value is -2.47. The summed E-state index contributed by atoms with van der Waals surface area (Å²) in [6.45, 7) is 3.32. The Balaban J connectivity index is 1.74. The number of hydrogen-bond donors (Lipinski definition) is 2. The SMILES string of the molecule is CCOc1ccc2[nH]c3c(c2c1)CCNC3c1ccc(C(F)(F)F)cc1. The van der Waals surface area contributed by atoms with Crippen LogP contribution in [0.3, 0.4) is 0 Å². The predicted octanol–water partition coefficient (Wildman–Crippen LogP) is 4.82. The second-order valence-corrected chi connectivity index (χ2v) is 6.41. The van der Waals surface area contributed by atoms with Crippen LogP contribution >= 0.6 is 0 Å². The first-order valence-corrected chi connectivity index (χ1v) is 8.65. The molecule has 2 heterocycles. The summed E-state index contributed by atoms with van der Waals surface area (Å²) in [6, 6.07) is 11.2. The lowest BCUT2D eigenvalue weighted by Gasteiger charge is -2.25. The van der Waals surface area contributed by atoms with E-state index < -0.39 is 11.7 Å². The van der Waals surface area contributed by atoms with E-state index in [2.05, 4.69) is 10.3 Å². The molecule has 0 aliphatic carbocycles. The van der Waals surface area contributed by atoms with Gasteiger partial charge in [-0.2, -0.15) is 13.2 Å². The van der Waals surface area contributed by atoms with Gasteiger partial charge >= 0.3 is 6.18 Å². The molecule has 1 aliphatic heterocycles. The van der Waals surface area contributed by atoms with Gasteiger partial charge in [0.15, 0.2) is 0 Å². The average molecular weight is 360 g/mol. The summed E-state index contributed by atoms with van der Waals surface area (Å²) in [6.07, 6.45) is -3.46. The van der Waals surface area contributed by atoms with Crippen LogP contribution in [0.25, 0.3) is 10.9 Å². The lowest BCUT2D eigenvalue weighted by Crippen LogP contribution is -2.30. The Morgan fingerprint density at radius 2 is 1.88 bits per heavy atom. The number of benzene rings is 2. The quantitative estimate of drug-likeness (QED) is 0.703. The number of ether oxygens (including phenoxy) is 1. The van der Waals surface area contributed by atoms with Crippen molar-refractivity contribution >= 4 is 10.9 Å².